The fraction of sp³-hybridized carbons (Fsp3) is 0.350. The highest BCUT2D eigenvalue weighted by Gasteiger charge is 2.25. The lowest BCUT2D eigenvalue weighted by Crippen LogP contribution is -2.50. The standard InChI is InChI=1S/C20H22N6O3S2/c1-12-17(31-13(2)22-12)15-11-30-19(23-15)24-16-5-4-14(10-21-16)18(27)25-6-8-26(9-7-25)20(28)29-3/h4-5,10-11H,6-9H2,1-3H3,(H,21,23,24). The number of aryl methyl sites for hydroxylation is 2. The van der Waals surface area contributed by atoms with Crippen LogP contribution in [0.25, 0.3) is 10.6 Å². The van der Waals surface area contributed by atoms with Gasteiger partial charge in [-0.3, -0.25) is 4.79 Å². The van der Waals surface area contributed by atoms with Gasteiger partial charge in [0.25, 0.3) is 5.91 Å². The summed E-state index contributed by atoms with van der Waals surface area (Å²) in [5.74, 6) is 0.515. The molecule has 162 valence electrons. The zero-order valence-electron chi connectivity index (χ0n) is 17.4. The Bertz CT molecular complexity index is 1090. The quantitative estimate of drug-likeness (QED) is 0.638. The van der Waals surface area contributed by atoms with Gasteiger partial charge < -0.3 is 19.9 Å². The number of thiazole rings is 2. The number of methoxy groups -OCH3 is 1. The highest BCUT2D eigenvalue weighted by molar-refractivity contribution is 7.16. The number of carbonyl (C=O) groups is 2. The number of carbonyl (C=O) groups excluding carboxylic acids is 2. The molecule has 0 bridgehead atoms. The third-order valence-electron chi connectivity index (χ3n) is 4.89. The van der Waals surface area contributed by atoms with Crippen LogP contribution < -0.4 is 5.32 Å². The largest absolute Gasteiger partial charge is 0.453 e. The molecule has 4 heterocycles. The second kappa shape index (κ2) is 8.98. The maximum absolute atomic E-state index is 12.7. The Morgan fingerprint density at radius 3 is 2.45 bits per heavy atom. The van der Waals surface area contributed by atoms with Crippen LogP contribution in [0.4, 0.5) is 15.7 Å². The van der Waals surface area contributed by atoms with Gasteiger partial charge in [-0.2, -0.15) is 0 Å². The maximum atomic E-state index is 12.7. The first-order chi connectivity index (χ1) is 14.9. The van der Waals surface area contributed by atoms with Gasteiger partial charge in [0, 0.05) is 37.8 Å². The number of piperazine rings is 1. The van der Waals surface area contributed by atoms with Crippen LogP contribution in [0.3, 0.4) is 0 Å². The van der Waals surface area contributed by atoms with Crippen molar-refractivity contribution in [2.45, 2.75) is 13.8 Å². The second-order valence-electron chi connectivity index (χ2n) is 6.99. The lowest BCUT2D eigenvalue weighted by atomic mass is 10.2. The molecule has 1 fully saturated rings. The third kappa shape index (κ3) is 4.67. The molecule has 0 saturated carbocycles. The second-order valence-corrected chi connectivity index (χ2v) is 9.05. The van der Waals surface area contributed by atoms with Gasteiger partial charge in [0.2, 0.25) is 0 Å². The van der Waals surface area contributed by atoms with Crippen molar-refractivity contribution in [1.82, 2.24) is 24.8 Å². The minimum atomic E-state index is -0.366. The van der Waals surface area contributed by atoms with Crippen molar-refractivity contribution >= 4 is 45.6 Å². The molecule has 11 heteroatoms. The van der Waals surface area contributed by atoms with E-state index in [1.807, 2.05) is 19.2 Å². The van der Waals surface area contributed by atoms with E-state index in [0.717, 1.165) is 26.4 Å². The van der Waals surface area contributed by atoms with Crippen LogP contribution in [0.15, 0.2) is 23.7 Å². The Kier molecular flexibility index (Phi) is 6.14. The van der Waals surface area contributed by atoms with E-state index in [1.165, 1.54) is 18.4 Å². The predicted octanol–water partition coefficient (Wildman–Crippen LogP) is 3.55. The van der Waals surface area contributed by atoms with E-state index in [1.54, 1.807) is 39.5 Å². The van der Waals surface area contributed by atoms with Gasteiger partial charge in [0.1, 0.15) is 5.82 Å². The van der Waals surface area contributed by atoms with E-state index in [9.17, 15) is 9.59 Å². The van der Waals surface area contributed by atoms with Crippen LogP contribution in [0.2, 0.25) is 0 Å². The first kappa shape index (κ1) is 21.2. The fourth-order valence-electron chi connectivity index (χ4n) is 3.31. The molecule has 1 N–H and O–H groups in total. The molecule has 3 aromatic rings. The Morgan fingerprint density at radius 1 is 1.10 bits per heavy atom. The average Bonchev–Trinajstić information content (AvgIpc) is 3.38. The van der Waals surface area contributed by atoms with E-state index in [2.05, 4.69) is 20.3 Å². The molecule has 0 aliphatic carbocycles. The summed E-state index contributed by atoms with van der Waals surface area (Å²) in [6.07, 6.45) is 1.19. The molecule has 0 aromatic carbocycles. The van der Waals surface area contributed by atoms with Gasteiger partial charge in [-0.25, -0.2) is 19.7 Å². The van der Waals surface area contributed by atoms with E-state index in [-0.39, 0.29) is 12.0 Å². The Labute approximate surface area is 187 Å². The highest BCUT2D eigenvalue weighted by atomic mass is 32.1. The molecular weight excluding hydrogens is 436 g/mol. The first-order valence-corrected chi connectivity index (χ1v) is 11.4. The van der Waals surface area contributed by atoms with Crippen molar-refractivity contribution in [2.24, 2.45) is 0 Å². The first-order valence-electron chi connectivity index (χ1n) is 9.70. The molecule has 0 spiro atoms. The number of rotatable bonds is 4. The van der Waals surface area contributed by atoms with Crippen molar-refractivity contribution in [3.8, 4) is 10.6 Å². The monoisotopic (exact) mass is 458 g/mol. The van der Waals surface area contributed by atoms with Crippen LogP contribution in [-0.2, 0) is 4.74 Å². The third-order valence-corrected chi connectivity index (χ3v) is 6.74. The zero-order chi connectivity index (χ0) is 22.0. The number of nitrogens with one attached hydrogen (secondary N) is 1. The number of hydrogen-bond donors (Lipinski definition) is 1. The lowest BCUT2D eigenvalue weighted by Gasteiger charge is -2.33. The van der Waals surface area contributed by atoms with Gasteiger partial charge >= 0.3 is 6.09 Å². The molecule has 0 radical (unpaired) electrons. The van der Waals surface area contributed by atoms with Gasteiger partial charge in [0.05, 0.1) is 33.9 Å². The number of amides is 2. The lowest BCUT2D eigenvalue weighted by molar-refractivity contribution is 0.0599. The van der Waals surface area contributed by atoms with Gasteiger partial charge in [-0.1, -0.05) is 0 Å². The summed E-state index contributed by atoms with van der Waals surface area (Å²) in [4.78, 5) is 42.1. The molecule has 9 nitrogen and oxygen atoms in total. The summed E-state index contributed by atoms with van der Waals surface area (Å²) in [5.41, 5.74) is 2.38. The number of nitrogens with zero attached hydrogens (tertiary/aromatic N) is 5. The van der Waals surface area contributed by atoms with Crippen molar-refractivity contribution < 1.29 is 14.3 Å². The molecule has 31 heavy (non-hydrogen) atoms. The van der Waals surface area contributed by atoms with Crippen molar-refractivity contribution in [3.63, 3.8) is 0 Å². The maximum Gasteiger partial charge on any atom is 0.409 e. The topological polar surface area (TPSA) is 101 Å². The van der Waals surface area contributed by atoms with Crippen LogP contribution in [0, 0.1) is 13.8 Å². The SMILES string of the molecule is COC(=O)N1CCN(C(=O)c2ccc(Nc3nc(-c4sc(C)nc4C)cs3)nc2)CC1. The number of hydrogen-bond acceptors (Lipinski definition) is 9. The molecule has 1 saturated heterocycles. The summed E-state index contributed by atoms with van der Waals surface area (Å²) in [7, 11) is 1.36. The molecule has 3 aromatic heterocycles. The van der Waals surface area contributed by atoms with Crippen molar-refractivity contribution in [3.05, 3.63) is 40.0 Å². The number of anilines is 2. The molecule has 0 atom stereocenters. The van der Waals surface area contributed by atoms with Crippen LogP contribution in [0.5, 0.6) is 0 Å². The summed E-state index contributed by atoms with van der Waals surface area (Å²) in [5, 5.41) is 6.93. The van der Waals surface area contributed by atoms with Gasteiger partial charge in [0.15, 0.2) is 5.13 Å². The molecular formula is C20H22N6O3S2. The van der Waals surface area contributed by atoms with E-state index >= 15 is 0 Å². The predicted molar refractivity (Wildman–Crippen MR) is 120 cm³/mol. The Balaban J connectivity index is 1.37. The number of aromatic nitrogens is 3. The normalized spacial score (nSPS) is 13.9. The fourth-order valence-corrected chi connectivity index (χ4v) is 4.98. The Hall–Kier alpha value is -3.05. The molecule has 1 aliphatic rings. The Morgan fingerprint density at radius 2 is 1.84 bits per heavy atom. The van der Waals surface area contributed by atoms with Gasteiger partial charge in [-0.05, 0) is 26.0 Å². The van der Waals surface area contributed by atoms with Crippen LogP contribution in [0.1, 0.15) is 21.1 Å². The smallest absolute Gasteiger partial charge is 0.409 e. The summed E-state index contributed by atoms with van der Waals surface area (Å²) >= 11 is 3.12. The van der Waals surface area contributed by atoms with E-state index in [0.29, 0.717) is 37.6 Å². The summed E-state index contributed by atoms with van der Waals surface area (Å²) in [6.45, 7) is 5.81. The van der Waals surface area contributed by atoms with Gasteiger partial charge in [-0.15, -0.1) is 22.7 Å². The van der Waals surface area contributed by atoms with E-state index in [4.69, 9.17) is 4.74 Å². The number of pyridine rings is 1. The number of ether oxygens (including phenoxy) is 1. The van der Waals surface area contributed by atoms with Crippen molar-refractivity contribution in [2.75, 3.05) is 38.6 Å². The van der Waals surface area contributed by atoms with Crippen molar-refractivity contribution in [1.29, 1.82) is 0 Å². The molecule has 4 rings (SSSR count). The minimum absolute atomic E-state index is 0.101. The molecule has 0 unspecified atom stereocenters. The summed E-state index contributed by atoms with van der Waals surface area (Å²) in [6, 6.07) is 3.51. The minimum Gasteiger partial charge on any atom is -0.453 e. The molecule has 1 aliphatic heterocycles. The van der Waals surface area contributed by atoms with Crippen LogP contribution in [-0.4, -0.2) is 70.0 Å². The zero-order valence-corrected chi connectivity index (χ0v) is 19.0. The van der Waals surface area contributed by atoms with Crippen LogP contribution >= 0.6 is 22.7 Å². The summed E-state index contributed by atoms with van der Waals surface area (Å²) < 4.78 is 4.73. The highest BCUT2D eigenvalue weighted by Crippen LogP contribution is 2.32. The van der Waals surface area contributed by atoms with E-state index < -0.39 is 0 Å². The molecule has 2 amide bonds. The average molecular weight is 459 g/mol.